The molecule has 2 heteroatoms. The standard InChI is InChI=1S/C18H18F2/c1-3-4-14-5-7-15(8-6-14)16-9-11-17(12-10-16)18(20)13(2)19/h5-12H,3-4H2,1-2H3/b18-13+. The molecule has 2 rings (SSSR count). The van der Waals surface area contributed by atoms with E-state index in [1.54, 1.807) is 12.1 Å². The van der Waals surface area contributed by atoms with E-state index in [1.165, 1.54) is 5.56 Å². The third-order valence-electron chi connectivity index (χ3n) is 3.27. The van der Waals surface area contributed by atoms with Crippen LogP contribution in [0.15, 0.2) is 54.4 Å². The molecule has 0 heterocycles. The molecule has 0 spiro atoms. The van der Waals surface area contributed by atoms with Gasteiger partial charge in [0, 0.05) is 5.56 Å². The first-order valence-electron chi connectivity index (χ1n) is 6.83. The Hall–Kier alpha value is -1.96. The van der Waals surface area contributed by atoms with Gasteiger partial charge in [-0.2, -0.15) is 0 Å². The summed E-state index contributed by atoms with van der Waals surface area (Å²) in [6, 6.07) is 15.2. The average molecular weight is 272 g/mol. The summed E-state index contributed by atoms with van der Waals surface area (Å²) in [6.07, 6.45) is 2.20. The lowest BCUT2D eigenvalue weighted by Gasteiger charge is -2.05. The molecule has 2 aromatic carbocycles. The number of benzene rings is 2. The van der Waals surface area contributed by atoms with Crippen LogP contribution in [0.4, 0.5) is 8.78 Å². The second kappa shape index (κ2) is 6.47. The molecule has 0 amide bonds. The first-order chi connectivity index (χ1) is 9.61. The van der Waals surface area contributed by atoms with Crippen molar-refractivity contribution in [1.29, 1.82) is 0 Å². The minimum absolute atomic E-state index is 0.274. The van der Waals surface area contributed by atoms with E-state index in [9.17, 15) is 8.78 Å². The predicted octanol–water partition coefficient (Wildman–Crippen LogP) is 5.93. The van der Waals surface area contributed by atoms with Gasteiger partial charge in [-0.15, -0.1) is 0 Å². The maximum atomic E-state index is 13.4. The van der Waals surface area contributed by atoms with Crippen LogP contribution >= 0.6 is 0 Å². The molecule has 0 radical (unpaired) electrons. The van der Waals surface area contributed by atoms with Crippen LogP contribution in [-0.2, 0) is 6.42 Å². The minimum Gasteiger partial charge on any atom is -0.209 e. The Morgan fingerprint density at radius 3 is 1.80 bits per heavy atom. The molecule has 0 bridgehead atoms. The fourth-order valence-corrected chi connectivity index (χ4v) is 2.16. The molecule has 2 aromatic rings. The van der Waals surface area contributed by atoms with E-state index < -0.39 is 11.7 Å². The second-order valence-electron chi connectivity index (χ2n) is 4.87. The summed E-state index contributed by atoms with van der Waals surface area (Å²) in [5.41, 5.74) is 3.67. The summed E-state index contributed by atoms with van der Waals surface area (Å²) in [7, 11) is 0. The van der Waals surface area contributed by atoms with Crippen LogP contribution < -0.4 is 0 Å². The van der Waals surface area contributed by atoms with E-state index >= 15 is 0 Å². The molecule has 0 aromatic heterocycles. The number of aryl methyl sites for hydroxylation is 1. The first kappa shape index (κ1) is 14.4. The maximum absolute atomic E-state index is 13.4. The van der Waals surface area contributed by atoms with Crippen LogP contribution in [-0.4, -0.2) is 0 Å². The highest BCUT2D eigenvalue weighted by Crippen LogP contribution is 2.25. The summed E-state index contributed by atoms with van der Waals surface area (Å²) < 4.78 is 26.3. The summed E-state index contributed by atoms with van der Waals surface area (Å²) in [4.78, 5) is 0. The van der Waals surface area contributed by atoms with Gasteiger partial charge in [-0.25, -0.2) is 8.78 Å². The predicted molar refractivity (Wildman–Crippen MR) is 80.7 cm³/mol. The number of hydrogen-bond acceptors (Lipinski definition) is 0. The molecular formula is C18H18F2. The van der Waals surface area contributed by atoms with Gasteiger partial charge in [-0.3, -0.25) is 0 Å². The van der Waals surface area contributed by atoms with Crippen molar-refractivity contribution in [3.63, 3.8) is 0 Å². The lowest BCUT2D eigenvalue weighted by Crippen LogP contribution is -1.85. The highest BCUT2D eigenvalue weighted by atomic mass is 19.2. The molecule has 0 saturated heterocycles. The van der Waals surface area contributed by atoms with Crippen molar-refractivity contribution in [2.75, 3.05) is 0 Å². The fraction of sp³-hybridized carbons (Fsp3) is 0.222. The van der Waals surface area contributed by atoms with Gasteiger partial charge < -0.3 is 0 Å². The lowest BCUT2D eigenvalue weighted by atomic mass is 10.0. The van der Waals surface area contributed by atoms with E-state index in [1.807, 2.05) is 12.1 Å². The van der Waals surface area contributed by atoms with Crippen LogP contribution in [0.2, 0.25) is 0 Å². The van der Waals surface area contributed by atoms with E-state index in [2.05, 4.69) is 31.2 Å². The molecule has 0 atom stereocenters. The Balaban J connectivity index is 2.24. The normalized spacial score (nSPS) is 12.2. The Morgan fingerprint density at radius 2 is 1.35 bits per heavy atom. The van der Waals surface area contributed by atoms with Crippen LogP contribution in [0.25, 0.3) is 17.0 Å². The summed E-state index contributed by atoms with van der Waals surface area (Å²) in [5, 5.41) is 0. The van der Waals surface area contributed by atoms with Crippen molar-refractivity contribution in [2.24, 2.45) is 0 Å². The van der Waals surface area contributed by atoms with Crippen molar-refractivity contribution < 1.29 is 8.78 Å². The quantitative estimate of drug-likeness (QED) is 0.646. The van der Waals surface area contributed by atoms with Gasteiger partial charge in [0.2, 0.25) is 0 Å². The topological polar surface area (TPSA) is 0 Å². The Morgan fingerprint density at radius 1 is 0.850 bits per heavy atom. The molecule has 0 unspecified atom stereocenters. The lowest BCUT2D eigenvalue weighted by molar-refractivity contribution is 0.606. The fourth-order valence-electron chi connectivity index (χ4n) is 2.16. The Kier molecular flexibility index (Phi) is 4.67. The minimum atomic E-state index is -0.796. The molecule has 0 saturated carbocycles. The van der Waals surface area contributed by atoms with Crippen molar-refractivity contribution in [3.05, 3.63) is 65.5 Å². The molecule has 0 aliphatic carbocycles. The van der Waals surface area contributed by atoms with Crippen LogP contribution in [0.5, 0.6) is 0 Å². The molecule has 0 fully saturated rings. The molecule has 0 nitrogen and oxygen atoms in total. The zero-order chi connectivity index (χ0) is 14.5. The second-order valence-corrected chi connectivity index (χ2v) is 4.87. The van der Waals surface area contributed by atoms with Gasteiger partial charge in [0.05, 0.1) is 0 Å². The molecule has 104 valence electrons. The van der Waals surface area contributed by atoms with Crippen molar-refractivity contribution in [3.8, 4) is 11.1 Å². The molecule has 0 aliphatic heterocycles. The van der Waals surface area contributed by atoms with E-state index in [-0.39, 0.29) is 5.56 Å². The molecular weight excluding hydrogens is 254 g/mol. The summed E-state index contributed by atoms with van der Waals surface area (Å²) in [6.45, 7) is 3.28. The molecule has 20 heavy (non-hydrogen) atoms. The van der Waals surface area contributed by atoms with E-state index in [0.29, 0.717) is 0 Å². The number of rotatable bonds is 4. The monoisotopic (exact) mass is 272 g/mol. The van der Waals surface area contributed by atoms with Gasteiger partial charge in [0.1, 0.15) is 5.83 Å². The zero-order valence-electron chi connectivity index (χ0n) is 11.8. The third-order valence-corrected chi connectivity index (χ3v) is 3.27. The van der Waals surface area contributed by atoms with Crippen molar-refractivity contribution >= 4 is 5.83 Å². The van der Waals surface area contributed by atoms with Gasteiger partial charge in [0.25, 0.3) is 0 Å². The highest BCUT2D eigenvalue weighted by Gasteiger charge is 2.05. The van der Waals surface area contributed by atoms with Crippen LogP contribution in [0.3, 0.4) is 0 Å². The number of allylic oxidation sites excluding steroid dienone is 1. The van der Waals surface area contributed by atoms with Gasteiger partial charge in [0.15, 0.2) is 5.83 Å². The van der Waals surface area contributed by atoms with Gasteiger partial charge >= 0.3 is 0 Å². The highest BCUT2D eigenvalue weighted by molar-refractivity contribution is 5.68. The zero-order valence-corrected chi connectivity index (χ0v) is 11.8. The number of hydrogen-bond donors (Lipinski definition) is 0. The summed E-state index contributed by atoms with van der Waals surface area (Å²) in [5.74, 6) is -1.59. The maximum Gasteiger partial charge on any atom is 0.161 e. The average Bonchev–Trinajstić information content (AvgIpc) is 2.48. The molecule has 0 aliphatic rings. The van der Waals surface area contributed by atoms with Crippen LogP contribution in [0, 0.1) is 0 Å². The first-order valence-corrected chi connectivity index (χ1v) is 6.83. The summed E-state index contributed by atoms with van der Waals surface area (Å²) >= 11 is 0. The van der Waals surface area contributed by atoms with Gasteiger partial charge in [-0.1, -0.05) is 61.9 Å². The number of halogens is 2. The Labute approximate surface area is 118 Å². The van der Waals surface area contributed by atoms with E-state index in [0.717, 1.165) is 30.9 Å². The SMILES string of the molecule is CCCc1ccc(-c2ccc(/C(F)=C(/C)F)cc2)cc1. The van der Waals surface area contributed by atoms with Crippen molar-refractivity contribution in [1.82, 2.24) is 0 Å². The Bertz CT molecular complexity index is 588. The smallest absolute Gasteiger partial charge is 0.161 e. The van der Waals surface area contributed by atoms with Gasteiger partial charge in [-0.05, 0) is 30.0 Å². The third kappa shape index (κ3) is 3.32. The largest absolute Gasteiger partial charge is 0.209 e. The van der Waals surface area contributed by atoms with Crippen LogP contribution in [0.1, 0.15) is 31.4 Å². The van der Waals surface area contributed by atoms with E-state index in [4.69, 9.17) is 0 Å². The molecule has 0 N–H and O–H groups in total. The van der Waals surface area contributed by atoms with Crippen molar-refractivity contribution in [2.45, 2.75) is 26.7 Å².